The average molecular weight is 301 g/mol. The summed E-state index contributed by atoms with van der Waals surface area (Å²) < 4.78 is 6.50. The van der Waals surface area contributed by atoms with Crippen molar-refractivity contribution in [3.8, 4) is 0 Å². The topological polar surface area (TPSA) is 34.1 Å². The van der Waals surface area contributed by atoms with Crippen LogP contribution in [0, 0.1) is 12.8 Å². The second-order valence-electron chi connectivity index (χ2n) is 4.47. The number of ether oxygens (including phenoxy) is 1. The van der Waals surface area contributed by atoms with Gasteiger partial charge in [0.1, 0.15) is 5.82 Å². The Labute approximate surface area is 112 Å². The largest absolute Gasteiger partial charge is 0.380 e. The van der Waals surface area contributed by atoms with Gasteiger partial charge >= 0.3 is 0 Å². The van der Waals surface area contributed by atoms with Gasteiger partial charge in [-0.1, -0.05) is 13.8 Å². The Morgan fingerprint density at radius 2 is 2.18 bits per heavy atom. The van der Waals surface area contributed by atoms with Crippen molar-refractivity contribution in [3.63, 3.8) is 0 Å². The summed E-state index contributed by atoms with van der Waals surface area (Å²) in [6.07, 6.45) is 1.81. The molecule has 0 fully saturated rings. The fraction of sp³-hybridized carbons (Fsp3) is 0.615. The van der Waals surface area contributed by atoms with Crippen LogP contribution in [0.2, 0.25) is 0 Å². The smallest absolute Gasteiger partial charge is 0.129 e. The van der Waals surface area contributed by atoms with Gasteiger partial charge in [0.05, 0.1) is 12.6 Å². The molecule has 0 bridgehead atoms. The Kier molecular flexibility index (Phi) is 5.92. The molecule has 1 atom stereocenters. The van der Waals surface area contributed by atoms with Crippen molar-refractivity contribution in [2.45, 2.75) is 33.7 Å². The third-order valence-corrected chi connectivity index (χ3v) is 3.11. The molecule has 1 rings (SSSR count). The third-order valence-electron chi connectivity index (χ3n) is 2.67. The Bertz CT molecular complexity index is 355. The van der Waals surface area contributed by atoms with Gasteiger partial charge in [-0.05, 0) is 47.3 Å². The van der Waals surface area contributed by atoms with Crippen LogP contribution >= 0.6 is 15.9 Å². The minimum atomic E-state index is 0.294. The molecule has 0 aliphatic rings. The SMILES string of the molecule is CCOCC(Nc1ncc(Br)cc1C)C(C)C. The minimum absolute atomic E-state index is 0.294. The van der Waals surface area contributed by atoms with E-state index in [-0.39, 0.29) is 0 Å². The highest BCUT2D eigenvalue weighted by atomic mass is 79.9. The van der Waals surface area contributed by atoms with Crippen LogP contribution in [0.1, 0.15) is 26.3 Å². The Morgan fingerprint density at radius 3 is 2.71 bits per heavy atom. The van der Waals surface area contributed by atoms with Crippen molar-refractivity contribution in [3.05, 3.63) is 22.3 Å². The van der Waals surface area contributed by atoms with Crippen LogP contribution in [0.5, 0.6) is 0 Å². The van der Waals surface area contributed by atoms with E-state index in [1.54, 1.807) is 0 Å². The monoisotopic (exact) mass is 300 g/mol. The quantitative estimate of drug-likeness (QED) is 0.871. The molecule has 1 heterocycles. The van der Waals surface area contributed by atoms with Crippen molar-refractivity contribution in [2.24, 2.45) is 5.92 Å². The summed E-state index contributed by atoms with van der Waals surface area (Å²) in [6, 6.07) is 2.36. The summed E-state index contributed by atoms with van der Waals surface area (Å²) in [5.41, 5.74) is 1.14. The zero-order chi connectivity index (χ0) is 12.8. The number of anilines is 1. The van der Waals surface area contributed by atoms with E-state index in [2.05, 4.69) is 53.1 Å². The van der Waals surface area contributed by atoms with Gasteiger partial charge in [0.15, 0.2) is 0 Å². The molecule has 3 nitrogen and oxygen atoms in total. The van der Waals surface area contributed by atoms with Crippen molar-refractivity contribution in [1.82, 2.24) is 4.98 Å². The minimum Gasteiger partial charge on any atom is -0.380 e. The van der Waals surface area contributed by atoms with Crippen molar-refractivity contribution < 1.29 is 4.74 Å². The van der Waals surface area contributed by atoms with E-state index in [9.17, 15) is 0 Å². The van der Waals surface area contributed by atoms with Gasteiger partial charge in [0.2, 0.25) is 0 Å². The number of aryl methyl sites for hydroxylation is 1. The predicted molar refractivity (Wildman–Crippen MR) is 75.4 cm³/mol. The summed E-state index contributed by atoms with van der Waals surface area (Å²) in [6.45, 7) is 9.90. The lowest BCUT2D eigenvalue weighted by molar-refractivity contribution is 0.126. The fourth-order valence-corrected chi connectivity index (χ4v) is 1.96. The van der Waals surface area contributed by atoms with Gasteiger partial charge in [-0.2, -0.15) is 0 Å². The first-order chi connectivity index (χ1) is 8.04. The summed E-state index contributed by atoms with van der Waals surface area (Å²) in [5.74, 6) is 1.44. The highest BCUT2D eigenvalue weighted by Crippen LogP contribution is 2.19. The number of halogens is 1. The molecule has 0 amide bonds. The van der Waals surface area contributed by atoms with E-state index in [0.717, 1.165) is 22.5 Å². The average Bonchev–Trinajstić information content (AvgIpc) is 2.26. The Hall–Kier alpha value is -0.610. The normalized spacial score (nSPS) is 12.8. The van der Waals surface area contributed by atoms with E-state index in [1.165, 1.54) is 0 Å². The van der Waals surface area contributed by atoms with E-state index >= 15 is 0 Å². The van der Waals surface area contributed by atoms with Crippen LogP contribution in [-0.4, -0.2) is 24.2 Å². The van der Waals surface area contributed by atoms with Gasteiger partial charge in [-0.25, -0.2) is 4.98 Å². The van der Waals surface area contributed by atoms with Crippen molar-refractivity contribution in [1.29, 1.82) is 0 Å². The standard InChI is InChI=1S/C13H21BrN2O/c1-5-17-8-12(9(2)3)16-13-10(4)6-11(14)7-15-13/h6-7,9,12H,5,8H2,1-4H3,(H,15,16). The number of nitrogens with zero attached hydrogens (tertiary/aromatic N) is 1. The van der Waals surface area contributed by atoms with Crippen LogP contribution in [0.3, 0.4) is 0 Å². The van der Waals surface area contributed by atoms with E-state index in [1.807, 2.05) is 13.1 Å². The molecular weight excluding hydrogens is 280 g/mol. The van der Waals surface area contributed by atoms with Crippen LogP contribution < -0.4 is 5.32 Å². The van der Waals surface area contributed by atoms with Gasteiger partial charge in [0, 0.05) is 17.3 Å². The lowest BCUT2D eigenvalue weighted by Crippen LogP contribution is -2.31. The zero-order valence-corrected chi connectivity index (χ0v) is 12.5. The Balaban J connectivity index is 2.71. The fourth-order valence-electron chi connectivity index (χ4n) is 1.51. The number of rotatable bonds is 6. The molecule has 0 aliphatic heterocycles. The summed E-state index contributed by atoms with van der Waals surface area (Å²) in [4.78, 5) is 4.39. The molecule has 0 spiro atoms. The first-order valence-electron chi connectivity index (χ1n) is 6.01. The van der Waals surface area contributed by atoms with E-state index in [0.29, 0.717) is 18.6 Å². The van der Waals surface area contributed by atoms with Crippen LogP contribution in [-0.2, 0) is 4.74 Å². The van der Waals surface area contributed by atoms with Gasteiger partial charge in [-0.15, -0.1) is 0 Å². The van der Waals surface area contributed by atoms with Crippen molar-refractivity contribution >= 4 is 21.7 Å². The number of nitrogens with one attached hydrogen (secondary N) is 1. The van der Waals surface area contributed by atoms with Gasteiger partial charge < -0.3 is 10.1 Å². The molecule has 0 aliphatic carbocycles. The number of aromatic nitrogens is 1. The molecular formula is C13H21BrN2O. The molecule has 96 valence electrons. The summed E-state index contributed by atoms with van der Waals surface area (Å²) in [7, 11) is 0. The van der Waals surface area contributed by atoms with Gasteiger partial charge in [-0.3, -0.25) is 0 Å². The Morgan fingerprint density at radius 1 is 1.47 bits per heavy atom. The molecule has 1 aromatic rings. The van der Waals surface area contributed by atoms with Gasteiger partial charge in [0.25, 0.3) is 0 Å². The molecule has 0 saturated carbocycles. The highest BCUT2D eigenvalue weighted by Gasteiger charge is 2.14. The molecule has 0 aromatic carbocycles. The second kappa shape index (κ2) is 6.97. The third kappa shape index (κ3) is 4.64. The van der Waals surface area contributed by atoms with Crippen LogP contribution in [0.15, 0.2) is 16.7 Å². The number of hydrogen-bond donors (Lipinski definition) is 1. The van der Waals surface area contributed by atoms with Crippen LogP contribution in [0.4, 0.5) is 5.82 Å². The zero-order valence-electron chi connectivity index (χ0n) is 11.0. The lowest BCUT2D eigenvalue weighted by Gasteiger charge is -2.23. The molecule has 4 heteroatoms. The maximum Gasteiger partial charge on any atom is 0.129 e. The molecule has 0 saturated heterocycles. The molecule has 1 aromatic heterocycles. The summed E-state index contributed by atoms with van der Waals surface area (Å²) >= 11 is 3.42. The van der Waals surface area contributed by atoms with Crippen molar-refractivity contribution in [2.75, 3.05) is 18.5 Å². The lowest BCUT2D eigenvalue weighted by atomic mass is 10.1. The molecule has 1 N–H and O–H groups in total. The number of pyridine rings is 1. The second-order valence-corrected chi connectivity index (χ2v) is 5.39. The summed E-state index contributed by atoms with van der Waals surface area (Å²) in [5, 5.41) is 3.45. The molecule has 1 unspecified atom stereocenters. The predicted octanol–water partition coefficient (Wildman–Crippen LogP) is 3.63. The molecule has 0 radical (unpaired) electrons. The highest BCUT2D eigenvalue weighted by molar-refractivity contribution is 9.10. The number of hydrogen-bond acceptors (Lipinski definition) is 3. The molecule has 17 heavy (non-hydrogen) atoms. The maximum absolute atomic E-state index is 5.49. The first-order valence-corrected chi connectivity index (χ1v) is 6.80. The van der Waals surface area contributed by atoms with E-state index < -0.39 is 0 Å². The maximum atomic E-state index is 5.49. The van der Waals surface area contributed by atoms with E-state index in [4.69, 9.17) is 4.74 Å². The van der Waals surface area contributed by atoms with Crippen LogP contribution in [0.25, 0.3) is 0 Å². The first kappa shape index (κ1) is 14.5.